The average molecular weight is 191 g/mol. The summed E-state index contributed by atoms with van der Waals surface area (Å²) in [4.78, 5) is 0. The Hall–Kier alpha value is -0.900. The molecule has 2 fully saturated rings. The number of hydrogen-bond acceptors (Lipinski definition) is 3. The van der Waals surface area contributed by atoms with Gasteiger partial charge in [0.15, 0.2) is 5.72 Å². The molecule has 0 aliphatic carbocycles. The lowest BCUT2D eigenvalue weighted by Gasteiger charge is -2.37. The standard InChI is InChI=1S/C11H13NO2/c1-2-4-9(5-3-1)10-6-14-11(12-10)7-13-8-11/h1-5,10,12H,6-8H2/t10-/m0/s1. The molecule has 2 saturated heterocycles. The minimum atomic E-state index is -0.180. The smallest absolute Gasteiger partial charge is 0.166 e. The molecule has 2 heterocycles. The van der Waals surface area contributed by atoms with E-state index in [9.17, 15) is 0 Å². The van der Waals surface area contributed by atoms with Gasteiger partial charge in [-0.1, -0.05) is 30.3 Å². The summed E-state index contributed by atoms with van der Waals surface area (Å²) in [6.07, 6.45) is 0. The summed E-state index contributed by atoms with van der Waals surface area (Å²) in [6.45, 7) is 2.10. The molecule has 1 aromatic rings. The van der Waals surface area contributed by atoms with Crippen LogP contribution in [0.2, 0.25) is 0 Å². The van der Waals surface area contributed by atoms with Crippen molar-refractivity contribution in [1.82, 2.24) is 5.32 Å². The van der Waals surface area contributed by atoms with Gasteiger partial charge in [-0.05, 0) is 5.56 Å². The van der Waals surface area contributed by atoms with Gasteiger partial charge in [0.25, 0.3) is 0 Å². The van der Waals surface area contributed by atoms with E-state index in [-0.39, 0.29) is 5.72 Å². The zero-order valence-electron chi connectivity index (χ0n) is 7.90. The summed E-state index contributed by atoms with van der Waals surface area (Å²) in [5.41, 5.74) is 1.11. The summed E-state index contributed by atoms with van der Waals surface area (Å²) in [7, 11) is 0. The first-order valence-electron chi connectivity index (χ1n) is 4.92. The van der Waals surface area contributed by atoms with Crippen molar-refractivity contribution in [3.8, 4) is 0 Å². The van der Waals surface area contributed by atoms with Gasteiger partial charge in [0.05, 0.1) is 25.9 Å². The highest BCUT2D eigenvalue weighted by atomic mass is 16.6. The Morgan fingerprint density at radius 2 is 2.00 bits per heavy atom. The number of benzene rings is 1. The molecule has 14 heavy (non-hydrogen) atoms. The van der Waals surface area contributed by atoms with Gasteiger partial charge in [0.2, 0.25) is 0 Å². The van der Waals surface area contributed by atoms with Crippen molar-refractivity contribution in [2.45, 2.75) is 11.8 Å². The number of hydrogen-bond donors (Lipinski definition) is 1. The van der Waals surface area contributed by atoms with Crippen molar-refractivity contribution < 1.29 is 9.47 Å². The Kier molecular flexibility index (Phi) is 1.83. The molecular formula is C11H13NO2. The van der Waals surface area contributed by atoms with E-state index in [1.165, 1.54) is 5.56 Å². The Balaban J connectivity index is 1.76. The van der Waals surface area contributed by atoms with Gasteiger partial charge in [-0.2, -0.15) is 0 Å². The summed E-state index contributed by atoms with van der Waals surface area (Å²) >= 11 is 0. The van der Waals surface area contributed by atoms with Gasteiger partial charge in [-0.15, -0.1) is 0 Å². The highest BCUT2D eigenvalue weighted by Gasteiger charge is 2.46. The molecule has 2 aliphatic rings. The maximum Gasteiger partial charge on any atom is 0.166 e. The lowest BCUT2D eigenvalue weighted by Crippen LogP contribution is -2.58. The second kappa shape index (κ2) is 3.05. The van der Waals surface area contributed by atoms with Crippen molar-refractivity contribution in [2.24, 2.45) is 0 Å². The fourth-order valence-electron chi connectivity index (χ4n) is 1.96. The van der Waals surface area contributed by atoms with E-state index in [1.54, 1.807) is 0 Å². The molecule has 3 rings (SSSR count). The van der Waals surface area contributed by atoms with Crippen LogP contribution in [0.15, 0.2) is 30.3 Å². The largest absolute Gasteiger partial charge is 0.372 e. The van der Waals surface area contributed by atoms with Crippen LogP contribution in [0.3, 0.4) is 0 Å². The van der Waals surface area contributed by atoms with Gasteiger partial charge in [-0.25, -0.2) is 0 Å². The SMILES string of the molecule is c1ccc([C@@H]2COC3(COC3)N2)cc1. The van der Waals surface area contributed by atoms with Gasteiger partial charge in [0, 0.05) is 0 Å². The molecule has 1 atom stereocenters. The maximum absolute atomic E-state index is 5.71. The van der Waals surface area contributed by atoms with Gasteiger partial charge < -0.3 is 9.47 Å². The summed E-state index contributed by atoms with van der Waals surface area (Å²) in [6, 6.07) is 10.7. The topological polar surface area (TPSA) is 30.5 Å². The van der Waals surface area contributed by atoms with Crippen LogP contribution in [0, 0.1) is 0 Å². The van der Waals surface area contributed by atoms with Gasteiger partial charge in [-0.3, -0.25) is 5.32 Å². The minimum Gasteiger partial charge on any atom is -0.372 e. The molecule has 74 valence electrons. The van der Waals surface area contributed by atoms with E-state index in [2.05, 4.69) is 29.6 Å². The van der Waals surface area contributed by atoms with E-state index in [4.69, 9.17) is 9.47 Å². The molecule has 0 amide bonds. The molecule has 0 radical (unpaired) electrons. The highest BCUT2D eigenvalue weighted by Crippen LogP contribution is 2.30. The third-order valence-electron chi connectivity index (χ3n) is 2.84. The maximum atomic E-state index is 5.71. The minimum absolute atomic E-state index is 0.180. The Morgan fingerprint density at radius 3 is 2.57 bits per heavy atom. The predicted octanol–water partition coefficient (Wildman–Crippen LogP) is 1.07. The van der Waals surface area contributed by atoms with Crippen molar-refractivity contribution in [2.75, 3.05) is 19.8 Å². The molecular weight excluding hydrogens is 178 g/mol. The fraction of sp³-hybridized carbons (Fsp3) is 0.455. The highest BCUT2D eigenvalue weighted by molar-refractivity contribution is 5.20. The van der Waals surface area contributed by atoms with Gasteiger partial charge in [0.1, 0.15) is 0 Å². The Labute approximate surface area is 83.0 Å². The van der Waals surface area contributed by atoms with Crippen LogP contribution < -0.4 is 5.32 Å². The second-order valence-electron chi connectivity index (χ2n) is 3.91. The van der Waals surface area contributed by atoms with Crippen LogP contribution in [-0.2, 0) is 9.47 Å². The lowest BCUT2D eigenvalue weighted by molar-refractivity contribution is -0.195. The number of nitrogens with one attached hydrogen (secondary N) is 1. The van der Waals surface area contributed by atoms with Gasteiger partial charge >= 0.3 is 0 Å². The molecule has 3 heteroatoms. The predicted molar refractivity (Wildman–Crippen MR) is 51.8 cm³/mol. The monoisotopic (exact) mass is 191 g/mol. The molecule has 1 spiro atoms. The molecule has 1 N–H and O–H groups in total. The Morgan fingerprint density at radius 1 is 1.21 bits per heavy atom. The first-order valence-corrected chi connectivity index (χ1v) is 4.92. The zero-order valence-corrected chi connectivity index (χ0v) is 7.90. The molecule has 1 aromatic carbocycles. The van der Waals surface area contributed by atoms with Crippen molar-refractivity contribution in [1.29, 1.82) is 0 Å². The normalized spacial score (nSPS) is 29.0. The summed E-state index contributed by atoms with van der Waals surface area (Å²) in [5.74, 6) is 0. The van der Waals surface area contributed by atoms with E-state index in [1.807, 2.05) is 6.07 Å². The quantitative estimate of drug-likeness (QED) is 0.720. The van der Waals surface area contributed by atoms with E-state index in [0.29, 0.717) is 19.3 Å². The van der Waals surface area contributed by atoms with E-state index < -0.39 is 0 Å². The zero-order chi connectivity index (χ0) is 9.43. The van der Waals surface area contributed by atoms with Crippen LogP contribution in [0.25, 0.3) is 0 Å². The van der Waals surface area contributed by atoms with E-state index >= 15 is 0 Å². The average Bonchev–Trinajstić information content (AvgIpc) is 2.63. The van der Waals surface area contributed by atoms with Crippen LogP contribution >= 0.6 is 0 Å². The first kappa shape index (κ1) is 8.41. The molecule has 3 nitrogen and oxygen atoms in total. The van der Waals surface area contributed by atoms with Crippen molar-refractivity contribution >= 4 is 0 Å². The molecule has 0 bridgehead atoms. The number of ether oxygens (including phenoxy) is 2. The summed E-state index contributed by atoms with van der Waals surface area (Å²) < 4.78 is 10.9. The van der Waals surface area contributed by atoms with Crippen molar-refractivity contribution in [3.05, 3.63) is 35.9 Å². The number of rotatable bonds is 1. The van der Waals surface area contributed by atoms with E-state index in [0.717, 1.165) is 6.61 Å². The van der Waals surface area contributed by atoms with Crippen molar-refractivity contribution in [3.63, 3.8) is 0 Å². The van der Waals surface area contributed by atoms with Crippen LogP contribution in [0.5, 0.6) is 0 Å². The van der Waals surface area contributed by atoms with Crippen LogP contribution in [0.1, 0.15) is 11.6 Å². The first-order chi connectivity index (χ1) is 6.88. The van der Waals surface area contributed by atoms with Crippen LogP contribution in [0.4, 0.5) is 0 Å². The Bertz CT molecular complexity index is 321. The molecule has 0 unspecified atom stereocenters. The lowest BCUT2D eigenvalue weighted by atomic mass is 10.1. The summed E-state index contributed by atoms with van der Waals surface area (Å²) in [5, 5.41) is 3.47. The third kappa shape index (κ3) is 1.25. The molecule has 0 saturated carbocycles. The third-order valence-corrected chi connectivity index (χ3v) is 2.84. The molecule has 0 aromatic heterocycles. The second-order valence-corrected chi connectivity index (χ2v) is 3.91. The fourth-order valence-corrected chi connectivity index (χ4v) is 1.96. The van der Waals surface area contributed by atoms with Crippen LogP contribution in [-0.4, -0.2) is 25.5 Å². The molecule has 2 aliphatic heterocycles.